The van der Waals surface area contributed by atoms with Gasteiger partial charge in [0.25, 0.3) is 5.56 Å². The van der Waals surface area contributed by atoms with Crippen molar-refractivity contribution in [2.24, 2.45) is 0 Å². The molecule has 106 valence electrons. The predicted molar refractivity (Wildman–Crippen MR) is 80.4 cm³/mol. The molecule has 4 rings (SSSR count). The zero-order valence-electron chi connectivity index (χ0n) is 11.7. The standard InChI is InChI=1S/C17H15N2O.HI/c1-2-10-18-11-9-13-12-5-3-4-6-14(12)19-16(20)8-7-15(18)17(13)19;/h3-9,11H,2,10H2,1H3;1H/q+1;/p-1. The predicted octanol–water partition coefficient (Wildman–Crippen LogP) is -0.255. The summed E-state index contributed by atoms with van der Waals surface area (Å²) in [4.78, 5) is 12.3. The van der Waals surface area contributed by atoms with Crippen molar-refractivity contribution >= 4 is 27.3 Å². The Labute approximate surface area is 139 Å². The maximum atomic E-state index is 12.3. The minimum atomic E-state index is 0. The molecule has 0 fully saturated rings. The number of para-hydroxylation sites is 1. The van der Waals surface area contributed by atoms with Gasteiger partial charge in [-0.1, -0.05) is 25.1 Å². The Morgan fingerprint density at radius 3 is 2.67 bits per heavy atom. The van der Waals surface area contributed by atoms with Crippen LogP contribution in [0.5, 0.6) is 0 Å². The highest BCUT2D eigenvalue weighted by Gasteiger charge is 2.18. The average molecular weight is 390 g/mol. The van der Waals surface area contributed by atoms with Gasteiger partial charge in [0, 0.05) is 35.4 Å². The van der Waals surface area contributed by atoms with Crippen LogP contribution >= 0.6 is 0 Å². The summed E-state index contributed by atoms with van der Waals surface area (Å²) < 4.78 is 4.06. The van der Waals surface area contributed by atoms with Gasteiger partial charge < -0.3 is 24.0 Å². The van der Waals surface area contributed by atoms with Crippen molar-refractivity contribution < 1.29 is 28.5 Å². The molecule has 3 nitrogen and oxygen atoms in total. The summed E-state index contributed by atoms with van der Waals surface area (Å²) in [7, 11) is 0. The SMILES string of the molecule is CCC[n+]1ccc2c3ccccc3n3c(=O)ccc1c23.[I-]. The normalized spacial score (nSPS) is 11.3. The van der Waals surface area contributed by atoms with Crippen molar-refractivity contribution in [2.75, 3.05) is 0 Å². The second-order valence-electron chi connectivity index (χ2n) is 5.18. The van der Waals surface area contributed by atoms with Crippen LogP contribution < -0.4 is 34.1 Å². The van der Waals surface area contributed by atoms with Gasteiger partial charge in [-0.3, -0.25) is 9.20 Å². The Morgan fingerprint density at radius 1 is 1.05 bits per heavy atom. The van der Waals surface area contributed by atoms with Crippen LogP contribution in [0.25, 0.3) is 27.3 Å². The number of fused-ring (bicyclic) bond motifs is 3. The Morgan fingerprint density at radius 2 is 1.86 bits per heavy atom. The molecule has 3 aromatic heterocycles. The zero-order chi connectivity index (χ0) is 13.7. The first-order valence-electron chi connectivity index (χ1n) is 6.99. The molecular formula is C17H15IN2O. The van der Waals surface area contributed by atoms with Gasteiger partial charge in [-0.2, -0.15) is 4.57 Å². The van der Waals surface area contributed by atoms with Crippen molar-refractivity contribution in [2.45, 2.75) is 19.9 Å². The number of nitrogens with zero attached hydrogens (tertiary/aromatic N) is 2. The van der Waals surface area contributed by atoms with Crippen LogP contribution in [0.4, 0.5) is 0 Å². The van der Waals surface area contributed by atoms with Crippen LogP contribution in [0.3, 0.4) is 0 Å². The summed E-state index contributed by atoms with van der Waals surface area (Å²) in [6.07, 6.45) is 3.20. The molecule has 0 amide bonds. The number of aromatic nitrogens is 2. The third-order valence-corrected chi connectivity index (χ3v) is 3.96. The molecule has 0 N–H and O–H groups in total. The molecule has 1 aromatic carbocycles. The molecule has 0 radical (unpaired) electrons. The van der Waals surface area contributed by atoms with Crippen LogP contribution in [0.1, 0.15) is 13.3 Å². The van der Waals surface area contributed by atoms with Gasteiger partial charge in [0.1, 0.15) is 12.1 Å². The minimum absolute atomic E-state index is 0. The Hall–Kier alpha value is -1.69. The van der Waals surface area contributed by atoms with E-state index in [1.807, 2.05) is 28.7 Å². The molecule has 0 saturated heterocycles. The molecule has 0 aliphatic carbocycles. The van der Waals surface area contributed by atoms with E-state index in [9.17, 15) is 4.79 Å². The van der Waals surface area contributed by atoms with Crippen molar-refractivity contribution in [1.82, 2.24) is 4.40 Å². The monoisotopic (exact) mass is 390 g/mol. The fraction of sp³-hybridized carbons (Fsp3) is 0.176. The number of halogens is 1. The second kappa shape index (κ2) is 5.26. The Balaban J connectivity index is 0.00000132. The molecule has 4 heteroatoms. The maximum absolute atomic E-state index is 12.3. The van der Waals surface area contributed by atoms with E-state index in [-0.39, 0.29) is 29.5 Å². The van der Waals surface area contributed by atoms with E-state index in [1.54, 1.807) is 6.07 Å². The summed E-state index contributed by atoms with van der Waals surface area (Å²) in [6.45, 7) is 3.13. The number of pyridine rings is 2. The van der Waals surface area contributed by atoms with E-state index in [2.05, 4.69) is 29.8 Å². The van der Waals surface area contributed by atoms with Crippen LogP contribution in [-0.4, -0.2) is 4.40 Å². The van der Waals surface area contributed by atoms with Crippen LogP contribution in [0, 0.1) is 0 Å². The molecule has 3 heterocycles. The lowest BCUT2D eigenvalue weighted by Crippen LogP contribution is -3.00. The molecular weight excluding hydrogens is 375 g/mol. The third kappa shape index (κ3) is 1.92. The van der Waals surface area contributed by atoms with Gasteiger partial charge in [0.15, 0.2) is 6.20 Å². The highest BCUT2D eigenvalue weighted by atomic mass is 127. The molecule has 0 unspecified atom stereocenters. The number of hydrogen-bond donors (Lipinski definition) is 0. The van der Waals surface area contributed by atoms with Crippen LogP contribution in [0.2, 0.25) is 0 Å². The molecule has 4 aromatic rings. The van der Waals surface area contributed by atoms with Gasteiger partial charge in [-0.15, -0.1) is 0 Å². The number of rotatable bonds is 2. The molecule has 0 atom stereocenters. The fourth-order valence-corrected chi connectivity index (χ4v) is 3.13. The largest absolute Gasteiger partial charge is 1.00 e. The number of benzene rings is 1. The second-order valence-corrected chi connectivity index (χ2v) is 5.18. The van der Waals surface area contributed by atoms with Crippen molar-refractivity contribution in [1.29, 1.82) is 0 Å². The summed E-state index contributed by atoms with van der Waals surface area (Å²) in [5.74, 6) is 0. The summed E-state index contributed by atoms with van der Waals surface area (Å²) >= 11 is 0. The number of aryl methyl sites for hydroxylation is 1. The fourth-order valence-electron chi connectivity index (χ4n) is 3.13. The third-order valence-electron chi connectivity index (χ3n) is 3.96. The van der Waals surface area contributed by atoms with Crippen LogP contribution in [0.15, 0.2) is 53.5 Å². The molecule has 0 aliphatic rings. The highest BCUT2D eigenvalue weighted by molar-refractivity contribution is 6.11. The molecule has 0 saturated carbocycles. The van der Waals surface area contributed by atoms with Crippen molar-refractivity contribution in [3.05, 3.63) is 59.0 Å². The van der Waals surface area contributed by atoms with E-state index < -0.39 is 0 Å². The highest BCUT2D eigenvalue weighted by Crippen LogP contribution is 2.28. The van der Waals surface area contributed by atoms with Gasteiger partial charge >= 0.3 is 0 Å². The quantitative estimate of drug-likeness (QED) is 0.342. The topological polar surface area (TPSA) is 25.4 Å². The summed E-state index contributed by atoms with van der Waals surface area (Å²) in [5.41, 5.74) is 3.19. The maximum Gasteiger partial charge on any atom is 0.256 e. The summed E-state index contributed by atoms with van der Waals surface area (Å²) in [5, 5.41) is 2.30. The van der Waals surface area contributed by atoms with E-state index in [4.69, 9.17) is 0 Å². The molecule has 21 heavy (non-hydrogen) atoms. The van der Waals surface area contributed by atoms with Gasteiger partial charge in [-0.05, 0) is 6.07 Å². The minimum Gasteiger partial charge on any atom is -1.00 e. The molecule has 0 spiro atoms. The Kier molecular flexibility index (Phi) is 3.57. The first-order chi connectivity index (χ1) is 9.81. The van der Waals surface area contributed by atoms with E-state index >= 15 is 0 Å². The van der Waals surface area contributed by atoms with Crippen molar-refractivity contribution in [3.63, 3.8) is 0 Å². The lowest BCUT2D eigenvalue weighted by molar-refractivity contribution is -0.671. The van der Waals surface area contributed by atoms with E-state index in [0.717, 1.165) is 40.3 Å². The molecule has 0 bridgehead atoms. The van der Waals surface area contributed by atoms with Crippen LogP contribution in [-0.2, 0) is 6.54 Å². The van der Waals surface area contributed by atoms with Gasteiger partial charge in [0.05, 0.1) is 5.52 Å². The Bertz CT molecular complexity index is 990. The zero-order valence-corrected chi connectivity index (χ0v) is 13.9. The lowest BCUT2D eigenvalue weighted by Gasteiger charge is -2.01. The molecule has 0 aliphatic heterocycles. The number of hydrogen-bond acceptors (Lipinski definition) is 1. The summed E-state index contributed by atoms with van der Waals surface area (Å²) in [6, 6.07) is 13.8. The van der Waals surface area contributed by atoms with Crippen molar-refractivity contribution in [3.8, 4) is 0 Å². The van der Waals surface area contributed by atoms with Gasteiger partial charge in [-0.25, -0.2) is 0 Å². The van der Waals surface area contributed by atoms with Gasteiger partial charge in [0.2, 0.25) is 5.52 Å². The smallest absolute Gasteiger partial charge is 0.256 e. The van der Waals surface area contributed by atoms with E-state index in [1.165, 1.54) is 0 Å². The first-order valence-corrected chi connectivity index (χ1v) is 6.99. The lowest BCUT2D eigenvalue weighted by atomic mass is 10.1. The average Bonchev–Trinajstić information content (AvgIpc) is 2.81. The van der Waals surface area contributed by atoms with E-state index in [0.29, 0.717) is 0 Å². The first kappa shape index (κ1) is 14.3.